The predicted molar refractivity (Wildman–Crippen MR) is 78.9 cm³/mol. The zero-order valence-electron chi connectivity index (χ0n) is 11.7. The second kappa shape index (κ2) is 5.52. The van der Waals surface area contributed by atoms with Crippen LogP contribution in [0.3, 0.4) is 0 Å². The Morgan fingerprint density at radius 2 is 2.16 bits per heavy atom. The molecule has 19 heavy (non-hydrogen) atoms. The first-order chi connectivity index (χ1) is 8.82. The lowest BCUT2D eigenvalue weighted by molar-refractivity contribution is 0.243. The smallest absolute Gasteiger partial charge is 0.252 e. The quantitative estimate of drug-likeness (QED) is 0.930. The zero-order valence-corrected chi connectivity index (χ0v) is 13.4. The van der Waals surface area contributed by atoms with Gasteiger partial charge >= 0.3 is 0 Å². The van der Waals surface area contributed by atoms with E-state index in [0.717, 1.165) is 23.3 Å². The number of rotatable bonds is 3. The van der Waals surface area contributed by atoms with Crippen LogP contribution in [0.1, 0.15) is 30.2 Å². The number of nitrogens with zero attached hydrogens (tertiary/aromatic N) is 1. The maximum Gasteiger partial charge on any atom is 0.252 e. The third kappa shape index (κ3) is 3.02. The van der Waals surface area contributed by atoms with Crippen molar-refractivity contribution in [3.8, 4) is 0 Å². The highest BCUT2D eigenvalue weighted by atomic mass is 32.2. The van der Waals surface area contributed by atoms with Gasteiger partial charge in [0.2, 0.25) is 0 Å². The molecule has 1 fully saturated rings. The molecule has 0 aliphatic carbocycles. The molecule has 2 atom stereocenters. The van der Waals surface area contributed by atoms with Gasteiger partial charge in [0, 0.05) is 24.0 Å². The molecule has 4 nitrogen and oxygen atoms in total. The Labute approximate surface area is 119 Å². The Kier molecular flexibility index (Phi) is 4.35. The van der Waals surface area contributed by atoms with E-state index in [1.54, 1.807) is 10.4 Å². The van der Waals surface area contributed by atoms with Crippen molar-refractivity contribution in [2.75, 3.05) is 13.1 Å². The number of aryl methyl sites for hydroxylation is 2. The molecule has 0 amide bonds. The molecular formula is C13H22N2O2S2. The van der Waals surface area contributed by atoms with E-state index in [1.165, 1.54) is 11.3 Å². The first kappa shape index (κ1) is 15.0. The average molecular weight is 302 g/mol. The van der Waals surface area contributed by atoms with Crippen molar-refractivity contribution >= 4 is 21.4 Å². The van der Waals surface area contributed by atoms with Gasteiger partial charge < -0.3 is 5.73 Å². The van der Waals surface area contributed by atoms with E-state index < -0.39 is 10.0 Å². The van der Waals surface area contributed by atoms with Gasteiger partial charge in [-0.25, -0.2) is 8.42 Å². The van der Waals surface area contributed by atoms with E-state index in [1.807, 2.05) is 20.8 Å². The molecule has 6 heteroatoms. The fourth-order valence-electron chi connectivity index (χ4n) is 2.42. The molecule has 0 saturated carbocycles. The van der Waals surface area contributed by atoms with Crippen molar-refractivity contribution in [2.24, 2.45) is 11.7 Å². The average Bonchev–Trinajstić information content (AvgIpc) is 2.70. The molecule has 0 spiro atoms. The number of nitrogens with two attached hydrogens (primary N) is 1. The molecule has 2 N–H and O–H groups in total. The minimum absolute atomic E-state index is 0.0461. The van der Waals surface area contributed by atoms with E-state index in [9.17, 15) is 8.42 Å². The summed E-state index contributed by atoms with van der Waals surface area (Å²) in [5.74, 6) is 0.269. The monoisotopic (exact) mass is 302 g/mol. The van der Waals surface area contributed by atoms with Crippen LogP contribution in [0.25, 0.3) is 0 Å². The van der Waals surface area contributed by atoms with E-state index in [-0.39, 0.29) is 12.0 Å². The highest BCUT2D eigenvalue weighted by Gasteiger charge is 2.32. The summed E-state index contributed by atoms with van der Waals surface area (Å²) in [5.41, 5.74) is 6.97. The van der Waals surface area contributed by atoms with Crippen molar-refractivity contribution in [3.05, 3.63) is 16.5 Å². The second-order valence-electron chi connectivity index (χ2n) is 5.43. The van der Waals surface area contributed by atoms with Crippen molar-refractivity contribution in [3.63, 3.8) is 0 Å². The lowest BCUT2D eigenvalue weighted by atomic mass is 9.93. The van der Waals surface area contributed by atoms with Crippen molar-refractivity contribution in [1.82, 2.24) is 4.31 Å². The zero-order chi connectivity index (χ0) is 14.2. The summed E-state index contributed by atoms with van der Waals surface area (Å²) >= 11 is 1.36. The van der Waals surface area contributed by atoms with Crippen LogP contribution in [0.2, 0.25) is 0 Å². The molecule has 2 rings (SSSR count). The molecule has 0 radical (unpaired) electrons. The summed E-state index contributed by atoms with van der Waals surface area (Å²) in [6.45, 7) is 7.03. The highest BCUT2D eigenvalue weighted by molar-refractivity contribution is 7.91. The second-order valence-corrected chi connectivity index (χ2v) is 8.85. The van der Waals surface area contributed by atoms with Gasteiger partial charge in [-0.1, -0.05) is 0 Å². The van der Waals surface area contributed by atoms with Crippen LogP contribution in [0, 0.1) is 19.8 Å². The molecule has 1 aliphatic rings. The minimum Gasteiger partial charge on any atom is -0.328 e. The SMILES string of the molecule is Cc1cc(S(=O)(=O)N2CCC[C@H]([C@@H](C)N)C2)sc1C. The maximum absolute atomic E-state index is 12.6. The molecule has 0 bridgehead atoms. The molecule has 1 aliphatic heterocycles. The van der Waals surface area contributed by atoms with Crippen LogP contribution in [-0.2, 0) is 10.0 Å². The van der Waals surface area contributed by atoms with Crippen LogP contribution in [0.15, 0.2) is 10.3 Å². The van der Waals surface area contributed by atoms with Crippen LogP contribution >= 0.6 is 11.3 Å². The summed E-state index contributed by atoms with van der Waals surface area (Å²) in [5, 5.41) is 0. The number of thiophene rings is 1. The maximum atomic E-state index is 12.6. The van der Waals surface area contributed by atoms with Gasteiger partial charge in [0.15, 0.2) is 0 Å². The van der Waals surface area contributed by atoms with Gasteiger partial charge in [-0.2, -0.15) is 4.31 Å². The lowest BCUT2D eigenvalue weighted by Gasteiger charge is -2.33. The summed E-state index contributed by atoms with van der Waals surface area (Å²) in [6, 6.07) is 1.83. The van der Waals surface area contributed by atoms with E-state index >= 15 is 0 Å². The molecule has 1 saturated heterocycles. The van der Waals surface area contributed by atoms with Gasteiger partial charge in [0.1, 0.15) is 4.21 Å². The Hall–Kier alpha value is -0.430. The lowest BCUT2D eigenvalue weighted by Crippen LogP contribution is -2.44. The van der Waals surface area contributed by atoms with Crippen LogP contribution in [0.4, 0.5) is 0 Å². The van der Waals surface area contributed by atoms with E-state index in [2.05, 4.69) is 0 Å². The van der Waals surface area contributed by atoms with Crippen molar-refractivity contribution in [2.45, 2.75) is 43.9 Å². The third-order valence-corrected chi connectivity index (χ3v) is 7.37. The Morgan fingerprint density at radius 1 is 1.47 bits per heavy atom. The fraction of sp³-hybridized carbons (Fsp3) is 0.692. The van der Waals surface area contributed by atoms with Gasteiger partial charge in [-0.3, -0.25) is 0 Å². The third-order valence-electron chi connectivity index (χ3n) is 3.90. The number of hydrogen-bond donors (Lipinski definition) is 1. The van der Waals surface area contributed by atoms with Crippen molar-refractivity contribution < 1.29 is 8.42 Å². The Bertz CT molecular complexity index is 529. The summed E-state index contributed by atoms with van der Waals surface area (Å²) in [6.07, 6.45) is 1.92. The topological polar surface area (TPSA) is 63.4 Å². The van der Waals surface area contributed by atoms with E-state index in [0.29, 0.717) is 17.3 Å². The molecule has 1 aromatic rings. The largest absolute Gasteiger partial charge is 0.328 e. The van der Waals surface area contributed by atoms with Gasteiger partial charge in [-0.15, -0.1) is 11.3 Å². The summed E-state index contributed by atoms with van der Waals surface area (Å²) in [7, 11) is -3.33. The summed E-state index contributed by atoms with van der Waals surface area (Å²) in [4.78, 5) is 1.07. The van der Waals surface area contributed by atoms with E-state index in [4.69, 9.17) is 5.73 Å². The summed E-state index contributed by atoms with van der Waals surface area (Å²) < 4.78 is 27.3. The molecule has 0 aromatic carbocycles. The van der Waals surface area contributed by atoms with Crippen LogP contribution in [0.5, 0.6) is 0 Å². The fourth-order valence-corrected chi connectivity index (χ4v) is 5.62. The highest BCUT2D eigenvalue weighted by Crippen LogP contribution is 2.30. The molecule has 108 valence electrons. The van der Waals surface area contributed by atoms with Gasteiger partial charge in [0.05, 0.1) is 0 Å². The molecule has 2 heterocycles. The standard InChI is InChI=1S/C13H22N2O2S2/c1-9-7-13(18-11(9)3)19(16,17)15-6-4-5-12(8-15)10(2)14/h7,10,12H,4-6,8,14H2,1-3H3/t10-,12+/m1/s1. The normalized spacial score (nSPS) is 23.5. The Morgan fingerprint density at radius 3 is 2.68 bits per heavy atom. The number of hydrogen-bond acceptors (Lipinski definition) is 4. The predicted octanol–water partition coefficient (Wildman–Crippen LogP) is 2.11. The van der Waals surface area contributed by atoms with Crippen LogP contribution in [-0.4, -0.2) is 31.9 Å². The first-order valence-corrected chi connectivity index (χ1v) is 8.91. The Balaban J connectivity index is 2.24. The molecular weight excluding hydrogens is 280 g/mol. The van der Waals surface area contributed by atoms with Gasteiger partial charge in [-0.05, 0) is 51.2 Å². The minimum atomic E-state index is -3.33. The number of sulfonamides is 1. The molecule has 0 unspecified atom stereocenters. The van der Waals surface area contributed by atoms with Crippen molar-refractivity contribution in [1.29, 1.82) is 0 Å². The number of piperidine rings is 1. The molecule has 1 aromatic heterocycles. The van der Waals surface area contributed by atoms with Crippen LogP contribution < -0.4 is 5.73 Å². The first-order valence-electron chi connectivity index (χ1n) is 6.65. The van der Waals surface area contributed by atoms with Gasteiger partial charge in [0.25, 0.3) is 10.0 Å².